The second-order valence-electron chi connectivity index (χ2n) is 4.47. The number of halogens is 1. The van der Waals surface area contributed by atoms with Gasteiger partial charge < -0.3 is 9.88 Å². The van der Waals surface area contributed by atoms with Crippen LogP contribution in [-0.2, 0) is 6.54 Å². The Bertz CT molecular complexity index is 722. The van der Waals surface area contributed by atoms with Gasteiger partial charge in [-0.3, -0.25) is 9.59 Å². The minimum atomic E-state index is -0.247. The zero-order chi connectivity index (χ0) is 15.2. The van der Waals surface area contributed by atoms with Gasteiger partial charge in [-0.2, -0.15) is 0 Å². The smallest absolute Gasteiger partial charge is 0.253 e. The second-order valence-corrected chi connectivity index (χ2v) is 4.88. The number of benzene rings is 1. The average molecular weight is 303 g/mol. The summed E-state index contributed by atoms with van der Waals surface area (Å²) in [5, 5.41) is 3.26. The molecule has 21 heavy (non-hydrogen) atoms. The van der Waals surface area contributed by atoms with Crippen molar-refractivity contribution >= 4 is 17.5 Å². The van der Waals surface area contributed by atoms with E-state index in [9.17, 15) is 9.59 Å². The molecule has 0 bridgehead atoms. The first-order valence-corrected chi connectivity index (χ1v) is 6.82. The predicted molar refractivity (Wildman–Crippen MR) is 83.8 cm³/mol. The zero-order valence-corrected chi connectivity index (χ0v) is 12.1. The van der Waals surface area contributed by atoms with Gasteiger partial charge in [-0.15, -0.1) is 6.58 Å². The van der Waals surface area contributed by atoms with Crippen LogP contribution in [0, 0.1) is 0 Å². The lowest BCUT2D eigenvalue weighted by Gasteiger charge is -2.09. The number of pyridine rings is 1. The van der Waals surface area contributed by atoms with E-state index >= 15 is 0 Å². The summed E-state index contributed by atoms with van der Waals surface area (Å²) in [6.45, 7) is 4.24. The molecule has 5 heteroatoms. The largest absolute Gasteiger partial charge is 0.349 e. The van der Waals surface area contributed by atoms with Gasteiger partial charge in [0.25, 0.3) is 11.5 Å². The summed E-state index contributed by atoms with van der Waals surface area (Å²) in [5.74, 6) is -0.247. The Morgan fingerprint density at radius 3 is 2.76 bits per heavy atom. The maximum Gasteiger partial charge on any atom is 0.253 e. The lowest BCUT2D eigenvalue weighted by atomic mass is 10.2. The summed E-state index contributed by atoms with van der Waals surface area (Å²) in [5.41, 5.74) is 1.06. The van der Waals surface area contributed by atoms with Gasteiger partial charge >= 0.3 is 0 Å². The van der Waals surface area contributed by atoms with Gasteiger partial charge in [0, 0.05) is 23.8 Å². The highest BCUT2D eigenvalue weighted by Crippen LogP contribution is 2.15. The number of hydrogen-bond acceptors (Lipinski definition) is 2. The highest BCUT2D eigenvalue weighted by atomic mass is 35.5. The quantitative estimate of drug-likeness (QED) is 0.863. The summed E-state index contributed by atoms with van der Waals surface area (Å²) in [4.78, 5) is 23.8. The molecule has 0 aliphatic rings. The number of rotatable bonds is 5. The summed E-state index contributed by atoms with van der Waals surface area (Å²) in [6, 6.07) is 10.2. The zero-order valence-electron chi connectivity index (χ0n) is 11.4. The van der Waals surface area contributed by atoms with Crippen LogP contribution >= 0.6 is 11.6 Å². The average Bonchev–Trinajstić information content (AvgIpc) is 2.49. The number of carbonyl (C=O) groups is 1. The van der Waals surface area contributed by atoms with Crippen LogP contribution in [0.15, 0.2) is 60.0 Å². The molecule has 0 aliphatic heterocycles. The Balaban J connectivity index is 2.28. The van der Waals surface area contributed by atoms with E-state index in [1.165, 1.54) is 22.9 Å². The summed E-state index contributed by atoms with van der Waals surface area (Å²) < 4.78 is 1.46. The standard InChI is InChI=1S/C16H15ClN2O2/c1-2-9-18-16(21)13-7-8-15(20)19(11-13)10-12-5-3-4-6-14(12)17/h2-8,11H,1,9-10H2,(H,18,21). The van der Waals surface area contributed by atoms with Crippen molar-refractivity contribution in [2.24, 2.45) is 0 Å². The molecule has 0 spiro atoms. The molecule has 2 rings (SSSR count). The number of nitrogens with one attached hydrogen (secondary N) is 1. The third-order valence-corrected chi connectivity index (χ3v) is 3.32. The molecule has 0 saturated carbocycles. The molecule has 0 radical (unpaired) electrons. The first kappa shape index (κ1) is 15.1. The minimum absolute atomic E-state index is 0.185. The van der Waals surface area contributed by atoms with E-state index < -0.39 is 0 Å². The molecular formula is C16H15ClN2O2. The van der Waals surface area contributed by atoms with Gasteiger partial charge in [0.1, 0.15) is 0 Å². The first-order valence-electron chi connectivity index (χ1n) is 6.45. The van der Waals surface area contributed by atoms with Crippen molar-refractivity contribution in [3.05, 3.63) is 81.8 Å². The maximum absolute atomic E-state index is 11.9. The van der Waals surface area contributed by atoms with Gasteiger partial charge in [0.15, 0.2) is 0 Å². The lowest BCUT2D eigenvalue weighted by Crippen LogP contribution is -2.27. The fourth-order valence-corrected chi connectivity index (χ4v) is 2.06. The first-order chi connectivity index (χ1) is 10.1. The Morgan fingerprint density at radius 2 is 2.05 bits per heavy atom. The van der Waals surface area contributed by atoms with E-state index in [2.05, 4.69) is 11.9 Å². The molecule has 4 nitrogen and oxygen atoms in total. The van der Waals surface area contributed by atoms with E-state index in [-0.39, 0.29) is 11.5 Å². The van der Waals surface area contributed by atoms with Gasteiger partial charge in [0.05, 0.1) is 12.1 Å². The van der Waals surface area contributed by atoms with Crippen LogP contribution in [0.2, 0.25) is 5.02 Å². The van der Waals surface area contributed by atoms with Crippen LogP contribution in [0.3, 0.4) is 0 Å². The van der Waals surface area contributed by atoms with E-state index in [1.807, 2.05) is 18.2 Å². The van der Waals surface area contributed by atoms with Crippen LogP contribution in [0.25, 0.3) is 0 Å². The molecular weight excluding hydrogens is 288 g/mol. The Labute approximate surface area is 127 Å². The van der Waals surface area contributed by atoms with Crippen LogP contribution in [0.5, 0.6) is 0 Å². The fourth-order valence-electron chi connectivity index (χ4n) is 1.87. The molecule has 0 fully saturated rings. The Morgan fingerprint density at radius 1 is 1.29 bits per heavy atom. The number of carbonyl (C=O) groups excluding carboxylic acids is 1. The van der Waals surface area contributed by atoms with Crippen LogP contribution in [0.4, 0.5) is 0 Å². The van der Waals surface area contributed by atoms with Crippen LogP contribution in [0.1, 0.15) is 15.9 Å². The molecule has 1 aromatic heterocycles. The SMILES string of the molecule is C=CCNC(=O)c1ccc(=O)n(Cc2ccccc2Cl)c1. The Kier molecular flexibility index (Phi) is 4.95. The van der Waals surface area contributed by atoms with Crippen molar-refractivity contribution in [3.63, 3.8) is 0 Å². The summed E-state index contributed by atoms with van der Waals surface area (Å²) in [7, 11) is 0. The van der Waals surface area contributed by atoms with Crippen molar-refractivity contribution in [2.75, 3.05) is 6.54 Å². The molecule has 0 aliphatic carbocycles. The van der Waals surface area contributed by atoms with Gasteiger partial charge in [-0.1, -0.05) is 35.9 Å². The van der Waals surface area contributed by atoms with Crippen molar-refractivity contribution in [3.8, 4) is 0 Å². The van der Waals surface area contributed by atoms with Gasteiger partial charge in [-0.25, -0.2) is 0 Å². The topological polar surface area (TPSA) is 51.1 Å². The number of aromatic nitrogens is 1. The van der Waals surface area contributed by atoms with Crippen LogP contribution < -0.4 is 10.9 Å². The van der Waals surface area contributed by atoms with E-state index in [0.717, 1.165) is 5.56 Å². The normalized spacial score (nSPS) is 10.1. The fraction of sp³-hybridized carbons (Fsp3) is 0.125. The van der Waals surface area contributed by atoms with Crippen molar-refractivity contribution in [1.29, 1.82) is 0 Å². The molecule has 0 saturated heterocycles. The molecule has 0 unspecified atom stereocenters. The van der Waals surface area contributed by atoms with E-state index in [4.69, 9.17) is 11.6 Å². The van der Waals surface area contributed by atoms with E-state index in [1.54, 1.807) is 12.1 Å². The highest BCUT2D eigenvalue weighted by Gasteiger charge is 2.08. The lowest BCUT2D eigenvalue weighted by molar-refractivity contribution is 0.0957. The molecule has 1 aromatic carbocycles. The van der Waals surface area contributed by atoms with E-state index in [0.29, 0.717) is 23.7 Å². The molecule has 0 atom stereocenters. The third kappa shape index (κ3) is 3.83. The van der Waals surface area contributed by atoms with Crippen molar-refractivity contribution < 1.29 is 4.79 Å². The highest BCUT2D eigenvalue weighted by molar-refractivity contribution is 6.31. The molecule has 1 amide bonds. The summed E-state index contributed by atoms with van der Waals surface area (Å²) >= 11 is 6.09. The number of nitrogens with zero attached hydrogens (tertiary/aromatic N) is 1. The Hall–Kier alpha value is -2.33. The molecule has 1 heterocycles. The predicted octanol–water partition coefficient (Wildman–Crippen LogP) is 2.47. The third-order valence-electron chi connectivity index (χ3n) is 2.95. The molecule has 1 N–H and O–H groups in total. The van der Waals surface area contributed by atoms with Crippen molar-refractivity contribution in [2.45, 2.75) is 6.54 Å². The van der Waals surface area contributed by atoms with Crippen LogP contribution in [-0.4, -0.2) is 17.0 Å². The molecule has 2 aromatic rings. The monoisotopic (exact) mass is 302 g/mol. The minimum Gasteiger partial charge on any atom is -0.349 e. The maximum atomic E-state index is 11.9. The second kappa shape index (κ2) is 6.90. The summed E-state index contributed by atoms with van der Waals surface area (Å²) in [6.07, 6.45) is 3.13. The number of hydrogen-bond donors (Lipinski definition) is 1. The van der Waals surface area contributed by atoms with Gasteiger partial charge in [-0.05, 0) is 17.7 Å². The van der Waals surface area contributed by atoms with Gasteiger partial charge in [0.2, 0.25) is 0 Å². The number of amides is 1. The molecule has 108 valence electrons. The van der Waals surface area contributed by atoms with Crippen molar-refractivity contribution in [1.82, 2.24) is 9.88 Å².